The zero-order chi connectivity index (χ0) is 10.8. The van der Waals surface area contributed by atoms with E-state index >= 15 is 0 Å². The molecule has 0 aliphatic carbocycles. The fourth-order valence-electron chi connectivity index (χ4n) is 0.723. The highest BCUT2D eigenvalue weighted by Crippen LogP contribution is 2.03. The molecule has 14 heavy (non-hydrogen) atoms. The molecule has 0 saturated heterocycles. The van der Waals surface area contributed by atoms with Crippen LogP contribution in [-0.2, 0) is 14.3 Å². The van der Waals surface area contributed by atoms with Crippen molar-refractivity contribution < 1.29 is 19.4 Å². The molecule has 0 aromatic carbocycles. The summed E-state index contributed by atoms with van der Waals surface area (Å²) in [6, 6.07) is 0. The zero-order valence-electron chi connectivity index (χ0n) is 8.20. The van der Waals surface area contributed by atoms with Crippen LogP contribution in [0.5, 0.6) is 0 Å². The van der Waals surface area contributed by atoms with Crippen LogP contribution < -0.4 is 0 Å². The van der Waals surface area contributed by atoms with E-state index in [2.05, 4.69) is 13.2 Å². The molecule has 0 aromatic rings. The van der Waals surface area contributed by atoms with Crippen LogP contribution in [0.1, 0.15) is 12.8 Å². The van der Waals surface area contributed by atoms with E-state index in [0.717, 1.165) is 0 Å². The fourth-order valence-corrected chi connectivity index (χ4v) is 0.723. The van der Waals surface area contributed by atoms with Crippen LogP contribution in [0.4, 0.5) is 0 Å². The van der Waals surface area contributed by atoms with Crippen LogP contribution in [-0.4, -0.2) is 31.1 Å². The lowest BCUT2D eigenvalue weighted by Gasteiger charge is -2.05. The quantitative estimate of drug-likeness (QED) is 0.209. The average molecular weight is 200 g/mol. The Balaban J connectivity index is 3.52. The van der Waals surface area contributed by atoms with Gasteiger partial charge in [0.1, 0.15) is 0 Å². The van der Waals surface area contributed by atoms with Crippen molar-refractivity contribution in [1.82, 2.24) is 0 Å². The molecule has 0 unspecified atom stereocenters. The number of hydrogen-bond donors (Lipinski definition) is 1. The van der Waals surface area contributed by atoms with Gasteiger partial charge in [-0.15, -0.1) is 6.58 Å². The highest BCUT2D eigenvalue weighted by Gasteiger charge is 2.07. The summed E-state index contributed by atoms with van der Waals surface area (Å²) in [5.41, 5.74) is 0.348. The average Bonchev–Trinajstić information content (AvgIpc) is 2.20. The summed E-state index contributed by atoms with van der Waals surface area (Å²) < 4.78 is 9.57. The maximum Gasteiger partial charge on any atom is 0.335 e. The minimum atomic E-state index is -0.484. The molecule has 4 heteroatoms. The second-order valence-corrected chi connectivity index (χ2v) is 2.64. The topological polar surface area (TPSA) is 55.8 Å². The van der Waals surface area contributed by atoms with Crippen molar-refractivity contribution in [2.45, 2.75) is 12.8 Å². The molecule has 0 heterocycles. The molecule has 0 radical (unpaired) electrons. The van der Waals surface area contributed by atoms with Gasteiger partial charge in [-0.3, -0.25) is 0 Å². The summed E-state index contributed by atoms with van der Waals surface area (Å²) in [6.07, 6.45) is 2.52. The molecule has 0 aromatic heterocycles. The van der Waals surface area contributed by atoms with Crippen molar-refractivity contribution >= 4 is 5.97 Å². The standard InChI is InChI=1S/C10H16O4/c1-3-7-13-8-14-10(12)9(2)5-4-6-11/h3,11H,1-2,4-8H2. The van der Waals surface area contributed by atoms with Crippen LogP contribution in [0.3, 0.4) is 0 Å². The van der Waals surface area contributed by atoms with Gasteiger partial charge in [-0.2, -0.15) is 0 Å². The second kappa shape index (κ2) is 8.47. The lowest BCUT2D eigenvalue weighted by atomic mass is 10.2. The van der Waals surface area contributed by atoms with Gasteiger partial charge >= 0.3 is 5.97 Å². The van der Waals surface area contributed by atoms with E-state index in [1.165, 1.54) is 0 Å². The Morgan fingerprint density at radius 1 is 1.50 bits per heavy atom. The predicted octanol–water partition coefficient (Wildman–Crippen LogP) is 1.02. The Kier molecular flexibility index (Phi) is 7.78. The number of hydrogen-bond acceptors (Lipinski definition) is 4. The second-order valence-electron chi connectivity index (χ2n) is 2.64. The monoisotopic (exact) mass is 200 g/mol. The largest absolute Gasteiger partial charge is 0.435 e. The van der Waals surface area contributed by atoms with Crippen molar-refractivity contribution in [2.24, 2.45) is 0 Å². The Labute approximate surface area is 83.8 Å². The van der Waals surface area contributed by atoms with Crippen LogP contribution in [0.2, 0.25) is 0 Å². The third-order valence-electron chi connectivity index (χ3n) is 1.43. The number of carbonyl (C=O) groups excluding carboxylic acids is 1. The van der Waals surface area contributed by atoms with Crippen molar-refractivity contribution in [3.8, 4) is 0 Å². The lowest BCUT2D eigenvalue weighted by molar-refractivity contribution is -0.150. The minimum Gasteiger partial charge on any atom is -0.435 e. The molecule has 0 atom stereocenters. The summed E-state index contributed by atoms with van der Waals surface area (Å²) in [5, 5.41) is 8.51. The summed E-state index contributed by atoms with van der Waals surface area (Å²) in [7, 11) is 0. The molecule has 0 amide bonds. The molecule has 0 aliphatic heterocycles. The van der Waals surface area contributed by atoms with E-state index in [4.69, 9.17) is 14.6 Å². The first-order valence-corrected chi connectivity index (χ1v) is 4.36. The molecule has 0 rings (SSSR count). The third kappa shape index (κ3) is 6.39. The summed E-state index contributed by atoms with van der Waals surface area (Å²) in [6.45, 7) is 7.26. The first-order chi connectivity index (χ1) is 6.72. The van der Waals surface area contributed by atoms with Gasteiger partial charge in [0, 0.05) is 12.2 Å². The highest BCUT2D eigenvalue weighted by molar-refractivity contribution is 5.87. The number of aliphatic hydroxyl groups is 1. The fraction of sp³-hybridized carbons (Fsp3) is 0.500. The van der Waals surface area contributed by atoms with Crippen molar-refractivity contribution in [1.29, 1.82) is 0 Å². The number of carbonyl (C=O) groups is 1. The van der Waals surface area contributed by atoms with Gasteiger partial charge in [0.15, 0.2) is 6.79 Å². The molecule has 0 bridgehead atoms. The van der Waals surface area contributed by atoms with Gasteiger partial charge in [-0.1, -0.05) is 12.7 Å². The van der Waals surface area contributed by atoms with E-state index in [-0.39, 0.29) is 13.4 Å². The first kappa shape index (κ1) is 12.9. The van der Waals surface area contributed by atoms with Crippen molar-refractivity contribution in [2.75, 3.05) is 20.0 Å². The van der Waals surface area contributed by atoms with Gasteiger partial charge in [0.05, 0.1) is 6.61 Å². The Bertz CT molecular complexity index is 198. The van der Waals surface area contributed by atoms with E-state index < -0.39 is 5.97 Å². The molecule has 0 aliphatic rings. The molecular formula is C10H16O4. The van der Waals surface area contributed by atoms with Crippen LogP contribution >= 0.6 is 0 Å². The molecule has 1 N–H and O–H groups in total. The van der Waals surface area contributed by atoms with Crippen LogP contribution in [0.25, 0.3) is 0 Å². The molecule has 0 saturated carbocycles. The molecule has 0 fully saturated rings. The van der Waals surface area contributed by atoms with Crippen molar-refractivity contribution in [3.05, 3.63) is 24.8 Å². The normalized spacial score (nSPS) is 9.50. The van der Waals surface area contributed by atoms with E-state index in [1.54, 1.807) is 6.08 Å². The molecule has 4 nitrogen and oxygen atoms in total. The van der Waals surface area contributed by atoms with Gasteiger partial charge in [-0.25, -0.2) is 4.79 Å². The van der Waals surface area contributed by atoms with Crippen LogP contribution in [0, 0.1) is 0 Å². The summed E-state index contributed by atoms with van der Waals surface area (Å²) in [4.78, 5) is 11.1. The molecule has 80 valence electrons. The van der Waals surface area contributed by atoms with Gasteiger partial charge < -0.3 is 14.6 Å². The Morgan fingerprint density at radius 2 is 2.21 bits per heavy atom. The van der Waals surface area contributed by atoms with Crippen LogP contribution in [0.15, 0.2) is 24.8 Å². The Hall–Kier alpha value is -1.13. The number of rotatable bonds is 8. The number of esters is 1. The summed E-state index contributed by atoms with van der Waals surface area (Å²) >= 11 is 0. The van der Waals surface area contributed by atoms with E-state index in [1.807, 2.05) is 0 Å². The summed E-state index contributed by atoms with van der Waals surface area (Å²) in [5.74, 6) is -0.484. The maximum absolute atomic E-state index is 11.1. The predicted molar refractivity (Wildman–Crippen MR) is 52.6 cm³/mol. The van der Waals surface area contributed by atoms with Gasteiger partial charge in [0.2, 0.25) is 0 Å². The van der Waals surface area contributed by atoms with Gasteiger partial charge in [0.25, 0.3) is 0 Å². The SMILES string of the molecule is C=CCOCOC(=O)C(=C)CCCO. The maximum atomic E-state index is 11.1. The first-order valence-electron chi connectivity index (χ1n) is 4.36. The van der Waals surface area contributed by atoms with Gasteiger partial charge in [-0.05, 0) is 12.8 Å². The number of ether oxygens (including phenoxy) is 2. The highest BCUT2D eigenvalue weighted by atomic mass is 16.7. The minimum absolute atomic E-state index is 0.0409. The van der Waals surface area contributed by atoms with E-state index in [9.17, 15) is 4.79 Å². The zero-order valence-corrected chi connectivity index (χ0v) is 8.20. The van der Waals surface area contributed by atoms with E-state index in [0.29, 0.717) is 25.0 Å². The Morgan fingerprint density at radius 3 is 2.79 bits per heavy atom. The smallest absolute Gasteiger partial charge is 0.335 e. The molecule has 0 spiro atoms. The lowest BCUT2D eigenvalue weighted by Crippen LogP contribution is -2.10. The third-order valence-corrected chi connectivity index (χ3v) is 1.43. The number of aliphatic hydroxyl groups excluding tert-OH is 1. The van der Waals surface area contributed by atoms with Crippen molar-refractivity contribution in [3.63, 3.8) is 0 Å². The molecular weight excluding hydrogens is 184 g/mol.